The molecule has 0 N–H and O–H groups in total. The zero-order chi connectivity index (χ0) is 16.6. The standard InChI is InChI=1S/C19H30N2O3/c1-2-18-16-21(10-14-23-18)15-17-3-5-19(6-4-17)24-13-9-20-7-11-22-12-8-20/h3-6,18H,2,7-16H2,1H3. The number of hydrogen-bond acceptors (Lipinski definition) is 5. The van der Waals surface area contributed by atoms with Gasteiger partial charge in [0.25, 0.3) is 0 Å². The summed E-state index contributed by atoms with van der Waals surface area (Å²) in [4.78, 5) is 4.87. The summed E-state index contributed by atoms with van der Waals surface area (Å²) in [6.45, 7) is 11.5. The molecule has 0 spiro atoms. The van der Waals surface area contributed by atoms with Crippen LogP contribution in [0.5, 0.6) is 5.75 Å². The van der Waals surface area contributed by atoms with Gasteiger partial charge in [0.1, 0.15) is 12.4 Å². The van der Waals surface area contributed by atoms with Crippen LogP contribution in [0.1, 0.15) is 18.9 Å². The van der Waals surface area contributed by atoms with E-state index in [-0.39, 0.29) is 0 Å². The molecule has 2 aliphatic rings. The Bertz CT molecular complexity index is 474. The van der Waals surface area contributed by atoms with E-state index in [9.17, 15) is 0 Å². The second-order valence-corrected chi connectivity index (χ2v) is 6.58. The van der Waals surface area contributed by atoms with Gasteiger partial charge in [0, 0.05) is 39.3 Å². The van der Waals surface area contributed by atoms with Gasteiger partial charge in [-0.15, -0.1) is 0 Å². The van der Waals surface area contributed by atoms with Crippen molar-refractivity contribution in [3.05, 3.63) is 29.8 Å². The van der Waals surface area contributed by atoms with E-state index in [4.69, 9.17) is 14.2 Å². The molecule has 1 aromatic carbocycles. The van der Waals surface area contributed by atoms with Crippen molar-refractivity contribution in [1.29, 1.82) is 0 Å². The zero-order valence-corrected chi connectivity index (χ0v) is 14.8. The highest BCUT2D eigenvalue weighted by atomic mass is 16.5. The molecule has 3 rings (SSSR count). The lowest BCUT2D eigenvalue weighted by Gasteiger charge is -2.32. The molecule has 0 saturated carbocycles. The fourth-order valence-electron chi connectivity index (χ4n) is 3.24. The van der Waals surface area contributed by atoms with Crippen LogP contribution in [0.4, 0.5) is 0 Å². The third-order valence-corrected chi connectivity index (χ3v) is 4.79. The number of ether oxygens (including phenoxy) is 3. The summed E-state index contributed by atoms with van der Waals surface area (Å²) >= 11 is 0. The minimum absolute atomic E-state index is 0.390. The van der Waals surface area contributed by atoms with Crippen LogP contribution in [0.15, 0.2) is 24.3 Å². The number of hydrogen-bond donors (Lipinski definition) is 0. The molecule has 24 heavy (non-hydrogen) atoms. The molecule has 2 fully saturated rings. The summed E-state index contributed by atoms with van der Waals surface area (Å²) < 4.78 is 17.0. The van der Waals surface area contributed by atoms with E-state index in [1.807, 2.05) is 0 Å². The van der Waals surface area contributed by atoms with Gasteiger partial charge in [-0.1, -0.05) is 19.1 Å². The van der Waals surface area contributed by atoms with E-state index >= 15 is 0 Å². The summed E-state index contributed by atoms with van der Waals surface area (Å²) in [6, 6.07) is 8.54. The van der Waals surface area contributed by atoms with Crippen LogP contribution in [0, 0.1) is 0 Å². The van der Waals surface area contributed by atoms with E-state index in [0.29, 0.717) is 6.10 Å². The van der Waals surface area contributed by atoms with Crippen molar-refractivity contribution in [2.75, 3.05) is 59.2 Å². The lowest BCUT2D eigenvalue weighted by atomic mass is 10.1. The predicted molar refractivity (Wildman–Crippen MR) is 94.5 cm³/mol. The van der Waals surface area contributed by atoms with Crippen molar-refractivity contribution in [2.24, 2.45) is 0 Å². The van der Waals surface area contributed by atoms with Crippen molar-refractivity contribution in [1.82, 2.24) is 9.80 Å². The van der Waals surface area contributed by atoms with Crippen molar-refractivity contribution in [3.63, 3.8) is 0 Å². The van der Waals surface area contributed by atoms with Crippen LogP contribution in [0.2, 0.25) is 0 Å². The molecular weight excluding hydrogens is 304 g/mol. The third kappa shape index (κ3) is 5.45. The molecule has 0 aliphatic carbocycles. The van der Waals surface area contributed by atoms with Crippen LogP contribution in [-0.2, 0) is 16.0 Å². The van der Waals surface area contributed by atoms with Crippen LogP contribution in [-0.4, -0.2) is 75.1 Å². The smallest absolute Gasteiger partial charge is 0.119 e. The van der Waals surface area contributed by atoms with Gasteiger partial charge in [-0.25, -0.2) is 0 Å². The lowest BCUT2D eigenvalue weighted by molar-refractivity contribution is -0.0324. The Labute approximate surface area is 145 Å². The highest BCUT2D eigenvalue weighted by molar-refractivity contribution is 5.27. The van der Waals surface area contributed by atoms with Crippen LogP contribution in [0.3, 0.4) is 0 Å². The van der Waals surface area contributed by atoms with Gasteiger partial charge >= 0.3 is 0 Å². The van der Waals surface area contributed by atoms with Gasteiger partial charge in [0.2, 0.25) is 0 Å². The maximum absolute atomic E-state index is 5.87. The van der Waals surface area contributed by atoms with Crippen LogP contribution in [0.25, 0.3) is 0 Å². The number of morpholine rings is 2. The first kappa shape index (κ1) is 17.7. The first-order chi connectivity index (χ1) is 11.8. The molecule has 0 aromatic heterocycles. The largest absolute Gasteiger partial charge is 0.492 e. The molecule has 2 aliphatic heterocycles. The van der Waals surface area contributed by atoms with Crippen molar-refractivity contribution in [3.8, 4) is 5.75 Å². The van der Waals surface area contributed by atoms with Gasteiger partial charge in [-0.3, -0.25) is 9.80 Å². The Morgan fingerprint density at radius 2 is 1.79 bits per heavy atom. The number of nitrogens with zero attached hydrogens (tertiary/aromatic N) is 2. The van der Waals surface area contributed by atoms with E-state index in [1.54, 1.807) is 0 Å². The second-order valence-electron chi connectivity index (χ2n) is 6.58. The Hall–Kier alpha value is -1.14. The molecule has 134 valence electrons. The lowest BCUT2D eigenvalue weighted by Crippen LogP contribution is -2.41. The molecule has 1 unspecified atom stereocenters. The molecule has 0 radical (unpaired) electrons. The van der Waals surface area contributed by atoms with Gasteiger partial charge in [0.15, 0.2) is 0 Å². The third-order valence-electron chi connectivity index (χ3n) is 4.79. The molecule has 0 amide bonds. The van der Waals surface area contributed by atoms with Gasteiger partial charge < -0.3 is 14.2 Å². The minimum Gasteiger partial charge on any atom is -0.492 e. The maximum atomic E-state index is 5.87. The first-order valence-corrected chi connectivity index (χ1v) is 9.19. The zero-order valence-electron chi connectivity index (χ0n) is 14.8. The Morgan fingerprint density at radius 1 is 1.04 bits per heavy atom. The minimum atomic E-state index is 0.390. The summed E-state index contributed by atoms with van der Waals surface area (Å²) in [7, 11) is 0. The van der Waals surface area contributed by atoms with Crippen molar-refractivity contribution < 1.29 is 14.2 Å². The SMILES string of the molecule is CCC1CN(Cc2ccc(OCCN3CCOCC3)cc2)CCO1. The fraction of sp³-hybridized carbons (Fsp3) is 0.684. The van der Waals surface area contributed by atoms with Crippen LogP contribution >= 0.6 is 0 Å². The maximum Gasteiger partial charge on any atom is 0.119 e. The quantitative estimate of drug-likeness (QED) is 0.762. The van der Waals surface area contributed by atoms with Gasteiger partial charge in [0.05, 0.1) is 25.9 Å². The highest BCUT2D eigenvalue weighted by Gasteiger charge is 2.18. The van der Waals surface area contributed by atoms with E-state index in [1.165, 1.54) is 5.56 Å². The summed E-state index contributed by atoms with van der Waals surface area (Å²) in [6.07, 6.45) is 1.48. The molecule has 5 nitrogen and oxygen atoms in total. The van der Waals surface area contributed by atoms with E-state index < -0.39 is 0 Å². The Morgan fingerprint density at radius 3 is 2.54 bits per heavy atom. The average Bonchev–Trinajstić information content (AvgIpc) is 2.64. The molecule has 0 bridgehead atoms. The van der Waals surface area contributed by atoms with Gasteiger partial charge in [-0.2, -0.15) is 0 Å². The number of benzene rings is 1. The predicted octanol–water partition coefficient (Wildman–Crippen LogP) is 2.01. The van der Waals surface area contributed by atoms with Gasteiger partial charge in [-0.05, 0) is 24.1 Å². The monoisotopic (exact) mass is 334 g/mol. The second kappa shape index (κ2) is 9.37. The summed E-state index contributed by atoms with van der Waals surface area (Å²) in [5.74, 6) is 0.959. The molecule has 1 atom stereocenters. The topological polar surface area (TPSA) is 34.2 Å². The molecular formula is C19H30N2O3. The summed E-state index contributed by atoms with van der Waals surface area (Å²) in [5, 5.41) is 0. The molecule has 2 heterocycles. The molecule has 5 heteroatoms. The molecule has 2 saturated heterocycles. The van der Waals surface area contributed by atoms with Crippen LogP contribution < -0.4 is 4.74 Å². The first-order valence-electron chi connectivity index (χ1n) is 9.19. The van der Waals surface area contributed by atoms with Crippen molar-refractivity contribution in [2.45, 2.75) is 26.0 Å². The van der Waals surface area contributed by atoms with Crippen molar-refractivity contribution >= 4 is 0 Å². The van der Waals surface area contributed by atoms with E-state index in [0.717, 1.165) is 77.9 Å². The number of rotatable bonds is 7. The fourth-order valence-corrected chi connectivity index (χ4v) is 3.24. The average molecular weight is 334 g/mol. The molecule has 1 aromatic rings. The normalized spacial score (nSPS) is 23.3. The summed E-state index contributed by atoms with van der Waals surface area (Å²) in [5.41, 5.74) is 1.34. The highest BCUT2D eigenvalue weighted by Crippen LogP contribution is 2.16. The Kier molecular flexibility index (Phi) is 6.90. The van der Waals surface area contributed by atoms with E-state index in [2.05, 4.69) is 41.0 Å². The Balaban J connectivity index is 1.40.